The molecule has 1 N–H and O–H groups in total. The molecule has 1 rings (SSSR count). The second kappa shape index (κ2) is 1.37. The molecule has 1 aliphatic rings. The van der Waals surface area contributed by atoms with Gasteiger partial charge in [0.1, 0.15) is 0 Å². The molecule has 0 bridgehead atoms. The van der Waals surface area contributed by atoms with Crippen LogP contribution in [0.15, 0.2) is 0 Å². The molecule has 0 aromatic heterocycles. The van der Waals surface area contributed by atoms with Crippen LogP contribution < -0.4 is 0 Å². The quantitative estimate of drug-likeness (QED) is 0.507. The third kappa shape index (κ3) is 0.596. The summed E-state index contributed by atoms with van der Waals surface area (Å²) in [5.74, 6) is -3.26. The molecule has 1 fully saturated rings. The smallest absolute Gasteiger partial charge is 0.283 e. The molecule has 0 aliphatic heterocycles. The zero-order chi connectivity index (χ0) is 6.36. The van der Waals surface area contributed by atoms with Crippen molar-refractivity contribution in [1.29, 1.82) is 0 Å². The molecule has 0 spiro atoms. The van der Waals surface area contributed by atoms with Crippen molar-refractivity contribution >= 4 is 0 Å². The minimum absolute atomic E-state index is 0.728. The highest BCUT2D eigenvalue weighted by atomic mass is 19.3. The molecule has 0 amide bonds. The molecule has 48 valence electrons. The summed E-state index contributed by atoms with van der Waals surface area (Å²) < 4.78 is 35.0. The van der Waals surface area contributed by atoms with Gasteiger partial charge >= 0.3 is 0 Å². The predicted octanol–water partition coefficient (Wildman–Crippen LogP) is 0.724. The Morgan fingerprint density at radius 3 is 2.00 bits per heavy atom. The number of alkyl halides is 3. The maximum atomic E-state index is 11.7. The van der Waals surface area contributed by atoms with Crippen molar-refractivity contribution in [3.63, 3.8) is 0 Å². The topological polar surface area (TPSA) is 20.2 Å². The molecule has 4 heteroatoms. The van der Waals surface area contributed by atoms with Gasteiger partial charge in [0, 0.05) is 6.42 Å². The van der Waals surface area contributed by atoms with Crippen molar-refractivity contribution < 1.29 is 18.3 Å². The van der Waals surface area contributed by atoms with E-state index in [4.69, 9.17) is 5.11 Å². The summed E-state index contributed by atoms with van der Waals surface area (Å²) in [5, 5.41) is 8.20. The third-order valence-corrected chi connectivity index (χ3v) is 1.22. The first kappa shape index (κ1) is 5.88. The molecule has 0 radical (unpaired) electrons. The molecule has 0 aromatic rings. The Balaban J connectivity index is 2.47. The Bertz CT molecular complexity index is 103. The molecule has 1 nitrogen and oxygen atoms in total. The molecular formula is C4H5F3O. The first-order valence-corrected chi connectivity index (χ1v) is 2.24. The van der Waals surface area contributed by atoms with E-state index in [0.717, 1.165) is 0 Å². The lowest BCUT2D eigenvalue weighted by Crippen LogP contribution is -2.53. The summed E-state index contributed by atoms with van der Waals surface area (Å²) in [6.45, 7) is 0. The number of rotatable bonds is 0. The van der Waals surface area contributed by atoms with E-state index in [1.807, 2.05) is 0 Å². The van der Waals surface area contributed by atoms with Gasteiger partial charge in [-0.2, -0.15) is 0 Å². The largest absolute Gasteiger partial charge is 0.390 e. The average molecular weight is 126 g/mol. The van der Waals surface area contributed by atoms with Crippen LogP contribution >= 0.6 is 0 Å². The normalized spacial score (nSPS) is 43.5. The molecule has 0 heterocycles. The van der Waals surface area contributed by atoms with Crippen LogP contribution in [0.4, 0.5) is 13.2 Å². The van der Waals surface area contributed by atoms with Gasteiger partial charge in [0.05, 0.1) is 6.10 Å². The lowest BCUT2D eigenvalue weighted by Gasteiger charge is -2.34. The van der Waals surface area contributed by atoms with Gasteiger partial charge in [-0.3, -0.25) is 0 Å². The lowest BCUT2D eigenvalue weighted by molar-refractivity contribution is -0.208. The maximum absolute atomic E-state index is 11.7. The van der Waals surface area contributed by atoms with Gasteiger partial charge in [0.15, 0.2) is 6.17 Å². The van der Waals surface area contributed by atoms with Crippen LogP contribution in [0.1, 0.15) is 6.42 Å². The summed E-state index contributed by atoms with van der Waals surface area (Å²) in [6.07, 6.45) is -4.50. The summed E-state index contributed by atoms with van der Waals surface area (Å²) in [6, 6.07) is 0. The van der Waals surface area contributed by atoms with Crippen LogP contribution in [-0.4, -0.2) is 23.3 Å². The number of aliphatic hydroxyl groups excluding tert-OH is 1. The highest BCUT2D eigenvalue weighted by Crippen LogP contribution is 2.39. The Labute approximate surface area is 44.1 Å². The summed E-state index contributed by atoms with van der Waals surface area (Å²) in [5.41, 5.74) is 0. The van der Waals surface area contributed by atoms with Crippen LogP contribution in [0, 0.1) is 0 Å². The number of aliphatic hydroxyl groups is 1. The van der Waals surface area contributed by atoms with Crippen LogP contribution in [0.3, 0.4) is 0 Å². The van der Waals surface area contributed by atoms with E-state index in [1.54, 1.807) is 0 Å². The highest BCUT2D eigenvalue weighted by molar-refractivity contribution is 4.96. The Morgan fingerprint density at radius 1 is 1.50 bits per heavy atom. The van der Waals surface area contributed by atoms with Crippen LogP contribution in [0.25, 0.3) is 0 Å². The molecular weight excluding hydrogens is 121 g/mol. The van der Waals surface area contributed by atoms with E-state index < -0.39 is 24.6 Å². The first-order chi connectivity index (χ1) is 3.54. The van der Waals surface area contributed by atoms with Crippen LogP contribution in [0.2, 0.25) is 0 Å². The summed E-state index contributed by atoms with van der Waals surface area (Å²) in [4.78, 5) is 0. The molecule has 2 atom stereocenters. The van der Waals surface area contributed by atoms with Crippen molar-refractivity contribution in [2.24, 2.45) is 0 Å². The van der Waals surface area contributed by atoms with Gasteiger partial charge in [-0.25, -0.2) is 13.2 Å². The van der Waals surface area contributed by atoms with Crippen molar-refractivity contribution in [2.75, 3.05) is 0 Å². The molecule has 8 heavy (non-hydrogen) atoms. The minimum Gasteiger partial charge on any atom is -0.390 e. The number of hydrogen-bond acceptors (Lipinski definition) is 1. The molecule has 0 aromatic carbocycles. The Morgan fingerprint density at radius 2 is 2.00 bits per heavy atom. The zero-order valence-corrected chi connectivity index (χ0v) is 3.94. The van der Waals surface area contributed by atoms with E-state index in [2.05, 4.69) is 0 Å². The van der Waals surface area contributed by atoms with Gasteiger partial charge < -0.3 is 5.11 Å². The fraction of sp³-hybridized carbons (Fsp3) is 1.00. The highest BCUT2D eigenvalue weighted by Gasteiger charge is 2.56. The first-order valence-electron chi connectivity index (χ1n) is 2.24. The third-order valence-electron chi connectivity index (χ3n) is 1.22. The van der Waals surface area contributed by atoms with E-state index in [-0.39, 0.29) is 0 Å². The fourth-order valence-electron chi connectivity index (χ4n) is 0.616. The van der Waals surface area contributed by atoms with Gasteiger partial charge in [0.25, 0.3) is 5.92 Å². The van der Waals surface area contributed by atoms with Crippen molar-refractivity contribution in [3.05, 3.63) is 0 Å². The van der Waals surface area contributed by atoms with E-state index in [9.17, 15) is 13.2 Å². The molecule has 0 saturated heterocycles. The monoisotopic (exact) mass is 126 g/mol. The van der Waals surface area contributed by atoms with Gasteiger partial charge in [-0.1, -0.05) is 0 Å². The Kier molecular flexibility index (Phi) is 1.01. The molecule has 1 saturated carbocycles. The van der Waals surface area contributed by atoms with Crippen molar-refractivity contribution in [3.8, 4) is 0 Å². The second-order valence-corrected chi connectivity index (χ2v) is 1.93. The van der Waals surface area contributed by atoms with Gasteiger partial charge in [-0.15, -0.1) is 0 Å². The van der Waals surface area contributed by atoms with Gasteiger partial charge in [0.2, 0.25) is 0 Å². The minimum atomic E-state index is -3.26. The van der Waals surface area contributed by atoms with E-state index >= 15 is 0 Å². The number of hydrogen-bond donors (Lipinski definition) is 1. The predicted molar refractivity (Wildman–Crippen MR) is 20.5 cm³/mol. The fourth-order valence-corrected chi connectivity index (χ4v) is 0.616. The molecule has 1 aliphatic carbocycles. The van der Waals surface area contributed by atoms with E-state index in [0.29, 0.717) is 0 Å². The van der Waals surface area contributed by atoms with Crippen molar-refractivity contribution in [1.82, 2.24) is 0 Å². The summed E-state index contributed by atoms with van der Waals surface area (Å²) in [7, 11) is 0. The second-order valence-electron chi connectivity index (χ2n) is 1.93. The van der Waals surface area contributed by atoms with Gasteiger partial charge in [-0.05, 0) is 0 Å². The number of halogens is 3. The zero-order valence-electron chi connectivity index (χ0n) is 3.94. The van der Waals surface area contributed by atoms with E-state index in [1.165, 1.54) is 0 Å². The van der Waals surface area contributed by atoms with Crippen molar-refractivity contribution in [2.45, 2.75) is 24.6 Å². The van der Waals surface area contributed by atoms with Crippen LogP contribution in [-0.2, 0) is 0 Å². The Hall–Kier alpha value is -0.250. The summed E-state index contributed by atoms with van der Waals surface area (Å²) >= 11 is 0. The standard InChI is InChI=1S/C4H5F3O/c5-3-2(8)1-4(3,6)7/h2-3,8H,1H2. The SMILES string of the molecule is OC1CC(F)(F)C1F. The average Bonchev–Trinajstić information content (AvgIpc) is 1.65. The van der Waals surface area contributed by atoms with Crippen LogP contribution in [0.5, 0.6) is 0 Å². The lowest BCUT2D eigenvalue weighted by atomic mass is 9.89. The molecule has 2 unspecified atom stereocenters. The maximum Gasteiger partial charge on any atom is 0.283 e.